The lowest BCUT2D eigenvalue weighted by Gasteiger charge is -2.15. The zero-order valence-electron chi connectivity index (χ0n) is 16.5. The second kappa shape index (κ2) is 9.28. The fourth-order valence-corrected chi connectivity index (χ4v) is 4.00. The summed E-state index contributed by atoms with van der Waals surface area (Å²) in [5.74, 6) is 0. The van der Waals surface area contributed by atoms with Gasteiger partial charge in [-0.15, -0.1) is 11.3 Å². The van der Waals surface area contributed by atoms with Gasteiger partial charge in [-0.05, 0) is 55.7 Å². The lowest BCUT2D eigenvalue weighted by Crippen LogP contribution is -2.32. The molecule has 0 unspecified atom stereocenters. The summed E-state index contributed by atoms with van der Waals surface area (Å²) in [6.45, 7) is 7.54. The molecule has 4 nitrogen and oxygen atoms in total. The van der Waals surface area contributed by atoms with Crippen LogP contribution in [-0.2, 0) is 6.42 Å². The highest BCUT2D eigenvalue weighted by Crippen LogP contribution is 2.27. The Kier molecular flexibility index (Phi) is 6.78. The van der Waals surface area contributed by atoms with Crippen LogP contribution in [0.1, 0.15) is 27.3 Å². The van der Waals surface area contributed by atoms with E-state index in [1.807, 2.05) is 0 Å². The fraction of sp³-hybridized carbons (Fsp3) is 0.273. The van der Waals surface area contributed by atoms with E-state index in [9.17, 15) is 0 Å². The molecule has 0 saturated carbocycles. The highest BCUT2D eigenvalue weighted by atomic mass is 32.1. The molecule has 0 bridgehead atoms. The number of aromatic nitrogens is 1. The predicted octanol–water partition coefficient (Wildman–Crippen LogP) is 4.57. The molecule has 0 fully saturated rings. The topological polar surface area (TPSA) is 63.0 Å². The molecule has 2 aromatic carbocycles. The van der Waals surface area contributed by atoms with Gasteiger partial charge in [-0.2, -0.15) is 0 Å². The van der Waals surface area contributed by atoms with E-state index in [4.69, 9.17) is 22.9 Å². The van der Waals surface area contributed by atoms with Gasteiger partial charge in [-0.25, -0.2) is 4.98 Å². The number of hydrogen-bond donors (Lipinski definition) is 3. The fourth-order valence-electron chi connectivity index (χ4n) is 2.97. The van der Waals surface area contributed by atoms with Crippen molar-refractivity contribution in [2.24, 2.45) is 5.73 Å². The number of anilines is 1. The Morgan fingerprint density at radius 2 is 1.86 bits per heavy atom. The first-order valence-corrected chi connectivity index (χ1v) is 10.6. The first-order valence-electron chi connectivity index (χ1n) is 9.32. The van der Waals surface area contributed by atoms with Crippen LogP contribution in [0.25, 0.3) is 11.3 Å². The number of aryl methyl sites for hydroxylation is 3. The molecule has 1 heterocycles. The number of nitrogens with two attached hydrogens (primary N) is 1. The van der Waals surface area contributed by atoms with Gasteiger partial charge >= 0.3 is 0 Å². The number of hydrogen-bond acceptors (Lipinski definition) is 4. The molecule has 0 amide bonds. The number of benzene rings is 2. The molecule has 28 heavy (non-hydrogen) atoms. The number of nitrogens with one attached hydrogen (secondary N) is 2. The third-order valence-corrected chi connectivity index (χ3v) is 5.70. The van der Waals surface area contributed by atoms with Gasteiger partial charge in [0, 0.05) is 36.1 Å². The van der Waals surface area contributed by atoms with Crippen LogP contribution in [-0.4, -0.2) is 23.2 Å². The minimum Gasteiger partial charge on any atom is -0.361 e. The highest BCUT2D eigenvalue weighted by Gasteiger charge is 2.10. The van der Waals surface area contributed by atoms with Gasteiger partial charge in [-0.3, -0.25) is 0 Å². The summed E-state index contributed by atoms with van der Waals surface area (Å²) in [5, 5.41) is 10.2. The maximum atomic E-state index is 5.51. The van der Waals surface area contributed by atoms with Crippen LogP contribution in [0.15, 0.2) is 41.8 Å². The monoisotopic (exact) mass is 410 g/mol. The van der Waals surface area contributed by atoms with Gasteiger partial charge < -0.3 is 16.4 Å². The van der Waals surface area contributed by atoms with Crippen LogP contribution in [0.2, 0.25) is 0 Å². The Hall–Kier alpha value is -2.28. The molecule has 1 aromatic heterocycles. The number of nitrogens with zero attached hydrogens (tertiary/aromatic N) is 1. The van der Waals surface area contributed by atoms with Gasteiger partial charge in [-0.1, -0.05) is 35.9 Å². The largest absolute Gasteiger partial charge is 0.361 e. The summed E-state index contributed by atoms with van der Waals surface area (Å²) < 4.78 is 0. The standard InChI is InChI=1S/C22H26N4S2/c1-14-4-6-17(7-5-14)20-13-28-21(25-20)12-18-10-16(3)19(11-15(18)2)26-22(27)24-9-8-23/h4-7,10-11,13H,8-9,12,23H2,1-3H3,(H2,24,26,27). The molecule has 6 heteroatoms. The molecule has 3 aromatic rings. The first kappa shape index (κ1) is 20.5. The maximum absolute atomic E-state index is 5.51. The van der Waals surface area contributed by atoms with Gasteiger partial charge in [0.1, 0.15) is 0 Å². The summed E-state index contributed by atoms with van der Waals surface area (Å²) in [7, 11) is 0. The van der Waals surface area contributed by atoms with Gasteiger partial charge in [0.25, 0.3) is 0 Å². The average molecular weight is 411 g/mol. The van der Waals surface area contributed by atoms with Crippen LogP contribution in [0, 0.1) is 20.8 Å². The molecular weight excluding hydrogens is 384 g/mol. The Morgan fingerprint density at radius 1 is 1.11 bits per heavy atom. The molecular formula is C22H26N4S2. The second-order valence-corrected chi connectivity index (χ2v) is 8.28. The van der Waals surface area contributed by atoms with Crippen LogP contribution in [0.4, 0.5) is 5.69 Å². The van der Waals surface area contributed by atoms with Crippen molar-refractivity contribution < 1.29 is 0 Å². The summed E-state index contributed by atoms with van der Waals surface area (Å²) >= 11 is 7.03. The molecule has 4 N–H and O–H groups in total. The summed E-state index contributed by atoms with van der Waals surface area (Å²) in [6, 6.07) is 12.9. The Bertz CT molecular complexity index is 961. The molecule has 3 rings (SSSR count). The third kappa shape index (κ3) is 5.16. The SMILES string of the molecule is Cc1ccc(-c2csc(Cc3cc(C)c(NC(=S)NCCN)cc3C)n2)cc1. The van der Waals surface area contributed by atoms with E-state index in [0.29, 0.717) is 18.2 Å². The van der Waals surface area contributed by atoms with Crippen molar-refractivity contribution in [2.75, 3.05) is 18.4 Å². The van der Waals surface area contributed by atoms with E-state index in [-0.39, 0.29) is 0 Å². The van der Waals surface area contributed by atoms with Crippen LogP contribution >= 0.6 is 23.6 Å². The normalized spacial score (nSPS) is 10.7. The van der Waals surface area contributed by atoms with Crippen molar-refractivity contribution in [3.05, 3.63) is 69.0 Å². The van der Waals surface area contributed by atoms with E-state index >= 15 is 0 Å². The quantitative estimate of drug-likeness (QED) is 0.520. The lowest BCUT2D eigenvalue weighted by atomic mass is 10.0. The number of rotatable bonds is 6. The van der Waals surface area contributed by atoms with Gasteiger partial charge in [0.05, 0.1) is 10.7 Å². The molecule has 0 spiro atoms. The molecule has 0 aliphatic heterocycles. The van der Waals surface area contributed by atoms with Crippen molar-refractivity contribution in [1.29, 1.82) is 0 Å². The van der Waals surface area contributed by atoms with Crippen molar-refractivity contribution in [2.45, 2.75) is 27.2 Å². The summed E-state index contributed by atoms with van der Waals surface area (Å²) in [6.07, 6.45) is 0.833. The number of thiazole rings is 1. The summed E-state index contributed by atoms with van der Waals surface area (Å²) in [4.78, 5) is 4.84. The smallest absolute Gasteiger partial charge is 0.170 e. The van der Waals surface area contributed by atoms with Crippen molar-refractivity contribution in [3.63, 3.8) is 0 Å². The molecule has 0 atom stereocenters. The molecule has 0 aliphatic carbocycles. The van der Waals surface area contributed by atoms with E-state index < -0.39 is 0 Å². The van der Waals surface area contributed by atoms with Crippen LogP contribution < -0.4 is 16.4 Å². The van der Waals surface area contributed by atoms with Crippen molar-refractivity contribution in [3.8, 4) is 11.3 Å². The molecule has 146 valence electrons. The summed E-state index contributed by atoms with van der Waals surface area (Å²) in [5.41, 5.74) is 13.7. The average Bonchev–Trinajstić information content (AvgIpc) is 3.13. The number of thiocarbonyl (C=S) groups is 1. The zero-order chi connectivity index (χ0) is 20.1. The van der Waals surface area contributed by atoms with E-state index in [2.05, 4.69) is 73.2 Å². The minimum absolute atomic E-state index is 0.553. The van der Waals surface area contributed by atoms with E-state index in [1.165, 1.54) is 22.3 Å². The predicted molar refractivity (Wildman–Crippen MR) is 124 cm³/mol. The van der Waals surface area contributed by atoms with Crippen molar-refractivity contribution >= 4 is 34.4 Å². The van der Waals surface area contributed by atoms with Crippen LogP contribution in [0.3, 0.4) is 0 Å². The third-order valence-electron chi connectivity index (χ3n) is 4.60. The molecule has 0 aliphatic rings. The van der Waals surface area contributed by atoms with Gasteiger partial charge in [0.2, 0.25) is 0 Å². The maximum Gasteiger partial charge on any atom is 0.170 e. The lowest BCUT2D eigenvalue weighted by molar-refractivity contribution is 0.883. The minimum atomic E-state index is 0.553. The molecule has 0 radical (unpaired) electrons. The zero-order valence-corrected chi connectivity index (χ0v) is 18.1. The highest BCUT2D eigenvalue weighted by molar-refractivity contribution is 7.80. The Morgan fingerprint density at radius 3 is 2.57 bits per heavy atom. The van der Waals surface area contributed by atoms with Crippen LogP contribution in [0.5, 0.6) is 0 Å². The second-order valence-electron chi connectivity index (χ2n) is 6.93. The Labute approximate surface area is 176 Å². The first-order chi connectivity index (χ1) is 13.5. The molecule has 0 saturated heterocycles. The van der Waals surface area contributed by atoms with Gasteiger partial charge in [0.15, 0.2) is 5.11 Å². The Balaban J connectivity index is 1.73. The van der Waals surface area contributed by atoms with E-state index in [0.717, 1.165) is 28.4 Å². The van der Waals surface area contributed by atoms with Crippen molar-refractivity contribution in [1.82, 2.24) is 10.3 Å². The van der Waals surface area contributed by atoms with E-state index in [1.54, 1.807) is 11.3 Å².